The minimum atomic E-state index is 0.0720. The smallest absolute Gasteiger partial charge is 0.292 e. The molecule has 2 saturated carbocycles. The number of hydrogen-bond donors (Lipinski definition) is 0. The van der Waals surface area contributed by atoms with Crippen LogP contribution >= 0.6 is 0 Å². The van der Waals surface area contributed by atoms with Gasteiger partial charge in [-0.15, -0.1) is 0 Å². The molecule has 3 heteroatoms. The van der Waals surface area contributed by atoms with E-state index in [2.05, 4.69) is 0 Å². The van der Waals surface area contributed by atoms with E-state index in [1.807, 2.05) is 0 Å². The lowest BCUT2D eigenvalue weighted by atomic mass is 9.68. The van der Waals surface area contributed by atoms with Gasteiger partial charge in [-0.3, -0.25) is 4.79 Å². The SMILES string of the molecule is O=C(CC(C1CCCCC1)C1CCCCC1)O[SiH3]. The van der Waals surface area contributed by atoms with E-state index in [4.69, 9.17) is 4.43 Å². The van der Waals surface area contributed by atoms with E-state index in [1.54, 1.807) is 0 Å². The number of rotatable bonds is 4. The van der Waals surface area contributed by atoms with Gasteiger partial charge in [0.25, 0.3) is 5.97 Å². The standard InChI is InChI=1S/C15H28O2Si/c16-15(17-18)11-14(12-7-3-1-4-8-12)13-9-5-2-6-10-13/h12-14H,1-11H2,18H3. The molecule has 18 heavy (non-hydrogen) atoms. The minimum Gasteiger partial charge on any atom is -0.529 e. The molecule has 2 aliphatic rings. The molecule has 0 aromatic rings. The van der Waals surface area contributed by atoms with Gasteiger partial charge in [-0.1, -0.05) is 64.2 Å². The van der Waals surface area contributed by atoms with Crippen molar-refractivity contribution in [3.63, 3.8) is 0 Å². The van der Waals surface area contributed by atoms with Crippen molar-refractivity contribution in [2.45, 2.75) is 70.6 Å². The van der Waals surface area contributed by atoms with Crippen LogP contribution in [0.4, 0.5) is 0 Å². The zero-order chi connectivity index (χ0) is 12.8. The molecular weight excluding hydrogens is 240 g/mol. The Labute approximate surface area is 114 Å². The summed E-state index contributed by atoms with van der Waals surface area (Å²) in [6.07, 6.45) is 14.5. The fourth-order valence-electron chi connectivity index (χ4n) is 4.12. The highest BCUT2D eigenvalue weighted by atomic mass is 28.2. The van der Waals surface area contributed by atoms with E-state index < -0.39 is 0 Å². The van der Waals surface area contributed by atoms with E-state index >= 15 is 0 Å². The molecule has 0 bridgehead atoms. The second-order valence-corrected chi connectivity index (χ2v) is 6.65. The van der Waals surface area contributed by atoms with Gasteiger partial charge in [0.05, 0.1) is 0 Å². The van der Waals surface area contributed by atoms with Crippen LogP contribution in [0.5, 0.6) is 0 Å². The van der Waals surface area contributed by atoms with Gasteiger partial charge in [0, 0.05) is 6.42 Å². The average Bonchev–Trinajstić information content (AvgIpc) is 2.46. The van der Waals surface area contributed by atoms with Gasteiger partial charge in [0.2, 0.25) is 10.5 Å². The average molecular weight is 268 g/mol. The first-order valence-electron chi connectivity index (χ1n) is 7.88. The quantitative estimate of drug-likeness (QED) is 0.733. The Morgan fingerprint density at radius 3 is 1.78 bits per heavy atom. The fraction of sp³-hybridized carbons (Fsp3) is 0.933. The van der Waals surface area contributed by atoms with Gasteiger partial charge >= 0.3 is 0 Å². The molecule has 0 heterocycles. The highest BCUT2D eigenvalue weighted by Gasteiger charge is 2.32. The lowest BCUT2D eigenvalue weighted by molar-refractivity contribution is -0.136. The van der Waals surface area contributed by atoms with Crippen LogP contribution in [0, 0.1) is 17.8 Å². The summed E-state index contributed by atoms with van der Waals surface area (Å²) < 4.78 is 5.06. The Morgan fingerprint density at radius 1 is 0.944 bits per heavy atom. The van der Waals surface area contributed by atoms with Crippen LogP contribution < -0.4 is 0 Å². The predicted octanol–water partition coefficient (Wildman–Crippen LogP) is 2.98. The van der Waals surface area contributed by atoms with Crippen LogP contribution in [0.2, 0.25) is 0 Å². The van der Waals surface area contributed by atoms with Gasteiger partial charge in [0.1, 0.15) is 0 Å². The molecule has 2 nitrogen and oxygen atoms in total. The summed E-state index contributed by atoms with van der Waals surface area (Å²) >= 11 is 0. The monoisotopic (exact) mass is 268 g/mol. The van der Waals surface area contributed by atoms with Gasteiger partial charge in [0.15, 0.2) is 0 Å². The summed E-state index contributed by atoms with van der Waals surface area (Å²) in [5, 5.41) is 0. The van der Waals surface area contributed by atoms with Crippen LogP contribution in [0.1, 0.15) is 70.6 Å². The fourth-order valence-corrected chi connectivity index (χ4v) is 4.29. The third-order valence-electron chi connectivity index (χ3n) is 5.14. The molecule has 0 unspecified atom stereocenters. The molecule has 0 saturated heterocycles. The highest BCUT2D eigenvalue weighted by Crippen LogP contribution is 2.41. The zero-order valence-electron chi connectivity index (χ0n) is 11.8. The van der Waals surface area contributed by atoms with Crippen molar-refractivity contribution in [1.29, 1.82) is 0 Å². The van der Waals surface area contributed by atoms with Crippen molar-refractivity contribution < 1.29 is 9.22 Å². The summed E-state index contributed by atoms with van der Waals surface area (Å²) in [5.74, 6) is 2.32. The summed E-state index contributed by atoms with van der Waals surface area (Å²) in [5.41, 5.74) is 0. The van der Waals surface area contributed by atoms with E-state index in [-0.39, 0.29) is 5.97 Å². The van der Waals surface area contributed by atoms with E-state index in [1.165, 1.54) is 64.2 Å². The van der Waals surface area contributed by atoms with Crippen molar-refractivity contribution in [1.82, 2.24) is 0 Å². The van der Waals surface area contributed by atoms with E-state index in [9.17, 15) is 4.79 Å². The normalized spacial score (nSPS) is 23.4. The molecule has 2 fully saturated rings. The lowest BCUT2D eigenvalue weighted by Gasteiger charge is -2.37. The third kappa shape index (κ3) is 3.84. The molecule has 0 aromatic carbocycles. The van der Waals surface area contributed by atoms with Crippen molar-refractivity contribution in [3.05, 3.63) is 0 Å². The summed E-state index contributed by atoms with van der Waals surface area (Å²) in [6, 6.07) is 0. The molecule has 0 aliphatic heterocycles. The topological polar surface area (TPSA) is 26.3 Å². The summed E-state index contributed by atoms with van der Waals surface area (Å²) in [4.78, 5) is 11.7. The minimum absolute atomic E-state index is 0.0720. The van der Waals surface area contributed by atoms with Crippen molar-refractivity contribution in [3.8, 4) is 0 Å². The maximum atomic E-state index is 11.7. The second kappa shape index (κ2) is 7.32. The van der Waals surface area contributed by atoms with Crippen LogP contribution in [0.25, 0.3) is 0 Å². The van der Waals surface area contributed by atoms with E-state index in [0.29, 0.717) is 22.8 Å². The van der Waals surface area contributed by atoms with Crippen LogP contribution in [-0.2, 0) is 9.22 Å². The zero-order valence-corrected chi connectivity index (χ0v) is 13.8. The molecule has 2 aliphatic carbocycles. The number of carbonyl (C=O) groups excluding carboxylic acids is 1. The first kappa shape index (κ1) is 14.1. The molecule has 0 amide bonds. The largest absolute Gasteiger partial charge is 0.529 e. The Morgan fingerprint density at radius 2 is 1.39 bits per heavy atom. The predicted molar refractivity (Wildman–Crippen MR) is 77.3 cm³/mol. The summed E-state index contributed by atoms with van der Waals surface area (Å²) in [6.45, 7) is 0. The van der Waals surface area contributed by atoms with Crippen LogP contribution in [-0.4, -0.2) is 16.5 Å². The lowest BCUT2D eigenvalue weighted by Crippen LogP contribution is -2.29. The number of carbonyl (C=O) groups is 1. The third-order valence-corrected chi connectivity index (χ3v) is 5.60. The van der Waals surface area contributed by atoms with Gasteiger partial charge < -0.3 is 4.43 Å². The molecule has 0 atom stereocenters. The number of hydrogen-bond acceptors (Lipinski definition) is 2. The van der Waals surface area contributed by atoms with Crippen LogP contribution in [0.15, 0.2) is 0 Å². The molecule has 0 N–H and O–H groups in total. The second-order valence-electron chi connectivity index (χ2n) is 6.24. The molecule has 104 valence electrons. The maximum absolute atomic E-state index is 11.7. The van der Waals surface area contributed by atoms with Gasteiger partial charge in [-0.05, 0) is 17.8 Å². The Kier molecular flexibility index (Phi) is 5.73. The summed E-state index contributed by atoms with van der Waals surface area (Å²) in [7, 11) is 0.556. The van der Waals surface area contributed by atoms with Gasteiger partial charge in [-0.25, -0.2) is 0 Å². The Balaban J connectivity index is 1.97. The van der Waals surface area contributed by atoms with Crippen molar-refractivity contribution >= 4 is 16.5 Å². The molecule has 0 aromatic heterocycles. The molecule has 2 rings (SSSR count). The molecule has 0 spiro atoms. The van der Waals surface area contributed by atoms with Crippen molar-refractivity contribution in [2.75, 3.05) is 0 Å². The molecule has 0 radical (unpaired) electrons. The Hall–Kier alpha value is -0.313. The van der Waals surface area contributed by atoms with Crippen molar-refractivity contribution in [2.24, 2.45) is 17.8 Å². The molecular formula is C15H28O2Si. The van der Waals surface area contributed by atoms with Crippen LogP contribution in [0.3, 0.4) is 0 Å². The van der Waals surface area contributed by atoms with Gasteiger partial charge in [-0.2, -0.15) is 0 Å². The first-order chi connectivity index (χ1) is 8.81. The highest BCUT2D eigenvalue weighted by molar-refractivity contribution is 6.05. The maximum Gasteiger partial charge on any atom is 0.292 e. The first-order valence-corrected chi connectivity index (χ1v) is 8.69. The van der Waals surface area contributed by atoms with E-state index in [0.717, 1.165) is 11.8 Å². The Bertz CT molecular complexity index is 237.